The summed E-state index contributed by atoms with van der Waals surface area (Å²) < 4.78 is 9.18. The normalized spacial score (nSPS) is 12.0. The predicted molar refractivity (Wildman–Crippen MR) is 251 cm³/mol. The van der Waals surface area contributed by atoms with Gasteiger partial charge in [-0.1, -0.05) is 103 Å². The second kappa shape index (κ2) is 12.2. The van der Waals surface area contributed by atoms with Crippen LogP contribution < -0.4 is 0 Å². The van der Waals surface area contributed by atoms with Gasteiger partial charge in [-0.25, -0.2) is 4.85 Å². The van der Waals surface area contributed by atoms with Crippen molar-refractivity contribution in [3.05, 3.63) is 193 Å². The van der Waals surface area contributed by atoms with Crippen LogP contribution in [-0.2, 0) is 0 Å². The van der Waals surface area contributed by atoms with Gasteiger partial charge in [0.25, 0.3) is 0 Å². The van der Waals surface area contributed by atoms with Crippen molar-refractivity contribution in [2.45, 2.75) is 0 Å². The number of aromatic nitrogens is 3. The average Bonchev–Trinajstić information content (AvgIpc) is 4.04. The van der Waals surface area contributed by atoms with Crippen LogP contribution in [0.3, 0.4) is 0 Å². The summed E-state index contributed by atoms with van der Waals surface area (Å²) in [6.07, 6.45) is 0. The molecule has 5 nitrogen and oxygen atoms in total. The molecule has 0 unspecified atom stereocenters. The molecule has 0 radical (unpaired) electrons. The number of thiophene rings is 1. The fourth-order valence-corrected chi connectivity index (χ4v) is 11.1. The summed E-state index contributed by atoms with van der Waals surface area (Å²) in [4.78, 5) is 4.20. The highest BCUT2D eigenvalue weighted by Gasteiger charge is 2.24. The molecule has 6 heteroatoms. The second-order valence-electron chi connectivity index (χ2n) is 15.5. The van der Waals surface area contributed by atoms with E-state index in [2.05, 4.69) is 182 Å². The summed E-state index contributed by atoms with van der Waals surface area (Å²) in [5.41, 5.74) is 9.64. The van der Waals surface area contributed by atoms with Gasteiger partial charge < -0.3 is 13.7 Å². The highest BCUT2D eigenvalue weighted by Crippen LogP contribution is 2.46. The number of fused-ring (bicyclic) bond motifs is 15. The Balaban J connectivity index is 1.13. The minimum atomic E-state index is 0.471. The monoisotopic (exact) mass is 779 g/mol. The van der Waals surface area contributed by atoms with Crippen LogP contribution in [0, 0.1) is 17.9 Å². The molecule has 0 aliphatic rings. The molecule has 0 bridgehead atoms. The highest BCUT2D eigenvalue weighted by molar-refractivity contribution is 7.26. The molecule has 0 amide bonds. The summed E-state index contributed by atoms with van der Waals surface area (Å²) in [5, 5.41) is 22.7. The molecule has 13 rings (SSSR count). The Morgan fingerprint density at radius 1 is 0.433 bits per heavy atom. The highest BCUT2D eigenvalue weighted by atomic mass is 32.1. The quantitative estimate of drug-likeness (QED) is 0.165. The van der Waals surface area contributed by atoms with Crippen LogP contribution in [0.4, 0.5) is 5.69 Å². The van der Waals surface area contributed by atoms with Crippen molar-refractivity contribution in [3.8, 4) is 23.1 Å². The van der Waals surface area contributed by atoms with E-state index in [9.17, 15) is 5.26 Å². The zero-order chi connectivity index (χ0) is 39.6. The Morgan fingerprint density at radius 2 is 1.02 bits per heavy atom. The molecule has 13 aromatic rings. The van der Waals surface area contributed by atoms with Crippen LogP contribution in [0.2, 0.25) is 0 Å². The molecule has 4 aromatic heterocycles. The summed E-state index contributed by atoms with van der Waals surface area (Å²) >= 11 is 1.80. The standard InChI is InChI=1S/C54H29N5S/c1-56-41-30-48(33(31-55)28-49(41)59-44-20-10-6-16-38(44)52-35-13-3-2-12-32(35)22-24-46(52)59)58-45-25-23-34(57-42-18-8-4-14-36(42)37-15-5-9-19-43(37)57)29-40(45)53-47(58)26-27-51-54(53)39-17-7-11-21-50(39)60-51/h2-30H. The van der Waals surface area contributed by atoms with Gasteiger partial charge in [-0.2, -0.15) is 5.26 Å². The third-order valence-electron chi connectivity index (χ3n) is 12.5. The first kappa shape index (κ1) is 32.9. The number of rotatable bonds is 3. The molecule has 0 fully saturated rings. The van der Waals surface area contributed by atoms with Gasteiger partial charge in [0.2, 0.25) is 5.69 Å². The summed E-state index contributed by atoms with van der Waals surface area (Å²) in [6, 6.07) is 64.5. The third kappa shape index (κ3) is 4.32. The Kier molecular flexibility index (Phi) is 6.67. The first-order chi connectivity index (χ1) is 29.7. The number of nitrogens with zero attached hydrogens (tertiary/aromatic N) is 5. The molecule has 0 saturated carbocycles. The lowest BCUT2D eigenvalue weighted by atomic mass is 10.0. The van der Waals surface area contributed by atoms with Gasteiger partial charge in [0.05, 0.1) is 56.6 Å². The molecular formula is C54H29N5S. The minimum Gasteiger partial charge on any atom is -0.319 e. The molecule has 0 atom stereocenters. The molecule has 0 aliphatic heterocycles. The van der Waals surface area contributed by atoms with Gasteiger partial charge in [0.1, 0.15) is 6.07 Å². The summed E-state index contributed by atoms with van der Waals surface area (Å²) in [6.45, 7) is 8.65. The van der Waals surface area contributed by atoms with Crippen molar-refractivity contribution < 1.29 is 0 Å². The van der Waals surface area contributed by atoms with E-state index in [1.54, 1.807) is 11.3 Å². The molecule has 0 spiro atoms. The lowest BCUT2D eigenvalue weighted by Gasteiger charge is -2.16. The number of benzene rings is 9. The van der Waals surface area contributed by atoms with E-state index in [0.29, 0.717) is 22.6 Å². The van der Waals surface area contributed by atoms with Crippen LogP contribution in [0.5, 0.6) is 0 Å². The Labute approximate surface area is 346 Å². The molecule has 276 valence electrons. The maximum Gasteiger partial charge on any atom is 0.212 e. The van der Waals surface area contributed by atoms with Crippen LogP contribution in [-0.4, -0.2) is 13.7 Å². The van der Waals surface area contributed by atoms with Crippen molar-refractivity contribution in [1.82, 2.24) is 13.7 Å². The minimum absolute atomic E-state index is 0.471. The molecule has 0 aliphatic carbocycles. The van der Waals surface area contributed by atoms with Crippen molar-refractivity contribution in [2.75, 3.05) is 0 Å². The smallest absolute Gasteiger partial charge is 0.212 e. The zero-order valence-electron chi connectivity index (χ0n) is 31.9. The van der Waals surface area contributed by atoms with Crippen LogP contribution in [0.1, 0.15) is 5.56 Å². The van der Waals surface area contributed by atoms with Gasteiger partial charge in [0, 0.05) is 58.2 Å². The van der Waals surface area contributed by atoms with Gasteiger partial charge in [-0.15, -0.1) is 11.3 Å². The lowest BCUT2D eigenvalue weighted by Crippen LogP contribution is -2.02. The van der Waals surface area contributed by atoms with Gasteiger partial charge >= 0.3 is 0 Å². The van der Waals surface area contributed by atoms with Crippen LogP contribution in [0.25, 0.3) is 118 Å². The van der Waals surface area contributed by atoms with E-state index in [1.807, 2.05) is 18.2 Å². The van der Waals surface area contributed by atoms with Crippen molar-refractivity contribution in [3.63, 3.8) is 0 Å². The third-order valence-corrected chi connectivity index (χ3v) is 13.6. The largest absolute Gasteiger partial charge is 0.319 e. The fourth-order valence-electron chi connectivity index (χ4n) is 10.0. The van der Waals surface area contributed by atoms with Crippen LogP contribution in [0.15, 0.2) is 176 Å². The lowest BCUT2D eigenvalue weighted by molar-refractivity contribution is 1.14. The summed E-state index contributed by atoms with van der Waals surface area (Å²) in [7, 11) is 0. The summed E-state index contributed by atoms with van der Waals surface area (Å²) in [5.74, 6) is 0. The SMILES string of the molecule is [C-]#[N+]c1cc(-n2c3ccc(-n4c5ccccc5c5ccccc54)cc3c3c4c(ccc32)sc2ccccc24)c(C#N)cc1-n1c2ccccc2c2c3ccccc3ccc21. The van der Waals surface area contributed by atoms with Crippen molar-refractivity contribution >= 4 is 113 Å². The molecule has 4 heterocycles. The van der Waals surface area contributed by atoms with E-state index in [0.717, 1.165) is 71.1 Å². The van der Waals surface area contributed by atoms with E-state index in [-0.39, 0.29) is 0 Å². The van der Waals surface area contributed by atoms with Gasteiger partial charge in [-0.3, -0.25) is 0 Å². The van der Waals surface area contributed by atoms with E-state index >= 15 is 0 Å². The van der Waals surface area contributed by atoms with Gasteiger partial charge in [-0.05, 0) is 83.6 Å². The molecule has 0 saturated heterocycles. The van der Waals surface area contributed by atoms with E-state index in [4.69, 9.17) is 6.57 Å². The first-order valence-corrected chi connectivity index (χ1v) is 20.8. The number of para-hydroxylation sites is 3. The van der Waals surface area contributed by atoms with E-state index in [1.165, 1.54) is 30.9 Å². The molecule has 9 aromatic carbocycles. The molecular weight excluding hydrogens is 751 g/mol. The van der Waals surface area contributed by atoms with Crippen LogP contribution >= 0.6 is 11.3 Å². The number of hydrogen-bond acceptors (Lipinski definition) is 2. The van der Waals surface area contributed by atoms with E-state index < -0.39 is 0 Å². The maximum absolute atomic E-state index is 11.1. The first-order valence-electron chi connectivity index (χ1n) is 19.9. The molecule has 0 N–H and O–H groups in total. The average molecular weight is 780 g/mol. The maximum atomic E-state index is 11.1. The van der Waals surface area contributed by atoms with Gasteiger partial charge in [0.15, 0.2) is 0 Å². The Morgan fingerprint density at radius 3 is 1.77 bits per heavy atom. The Hall–Kier alpha value is -8.16. The number of hydrogen-bond donors (Lipinski definition) is 0. The number of nitriles is 1. The zero-order valence-corrected chi connectivity index (χ0v) is 32.7. The topological polar surface area (TPSA) is 42.9 Å². The Bertz CT molecular complexity index is 4050. The fraction of sp³-hybridized carbons (Fsp3) is 0. The van der Waals surface area contributed by atoms with Crippen molar-refractivity contribution in [1.29, 1.82) is 5.26 Å². The molecule has 60 heavy (non-hydrogen) atoms. The second-order valence-corrected chi connectivity index (χ2v) is 16.5. The van der Waals surface area contributed by atoms with Crippen molar-refractivity contribution in [2.24, 2.45) is 0 Å². The predicted octanol–water partition coefficient (Wildman–Crippen LogP) is 14.9.